The molecule has 2 heterocycles. The summed E-state index contributed by atoms with van der Waals surface area (Å²) in [6.45, 7) is 0.852. The quantitative estimate of drug-likeness (QED) is 0.824. The fourth-order valence-corrected chi connectivity index (χ4v) is 3.66. The van der Waals surface area contributed by atoms with Crippen LogP contribution in [0.25, 0.3) is 5.65 Å². The van der Waals surface area contributed by atoms with Crippen LogP contribution in [0.2, 0.25) is 0 Å². The second-order valence-electron chi connectivity index (χ2n) is 6.38. The van der Waals surface area contributed by atoms with E-state index in [1.54, 1.807) is 0 Å². The Kier molecular flexibility index (Phi) is 3.61. The van der Waals surface area contributed by atoms with Crippen molar-refractivity contribution >= 4 is 21.6 Å². The van der Waals surface area contributed by atoms with Crippen molar-refractivity contribution in [1.29, 1.82) is 0 Å². The van der Waals surface area contributed by atoms with E-state index in [1.807, 2.05) is 10.5 Å². The van der Waals surface area contributed by atoms with Crippen molar-refractivity contribution in [3.05, 3.63) is 22.6 Å². The van der Waals surface area contributed by atoms with Gasteiger partial charge in [0, 0.05) is 17.8 Å². The van der Waals surface area contributed by atoms with Crippen LogP contribution in [0.4, 0.5) is 0 Å². The predicted molar refractivity (Wildman–Crippen MR) is 84.7 cm³/mol. The van der Waals surface area contributed by atoms with Crippen molar-refractivity contribution in [2.45, 2.75) is 50.9 Å². The minimum Gasteiger partial charge on any atom is -0.493 e. The van der Waals surface area contributed by atoms with Gasteiger partial charge in [-0.1, -0.05) is 19.3 Å². The average molecular weight is 350 g/mol. The summed E-state index contributed by atoms with van der Waals surface area (Å²) in [6, 6.07) is 2.05. The third-order valence-electron chi connectivity index (χ3n) is 4.71. The van der Waals surface area contributed by atoms with Crippen LogP contribution < -0.4 is 4.74 Å². The van der Waals surface area contributed by atoms with E-state index in [0.29, 0.717) is 5.92 Å². The first-order valence-electron chi connectivity index (χ1n) is 7.98. The third-order valence-corrected chi connectivity index (χ3v) is 5.25. The summed E-state index contributed by atoms with van der Waals surface area (Å²) in [4.78, 5) is 0. The number of hydrogen-bond acceptors (Lipinski definition) is 3. The van der Waals surface area contributed by atoms with E-state index in [9.17, 15) is 0 Å². The van der Waals surface area contributed by atoms with Gasteiger partial charge in [0.25, 0.3) is 0 Å². The molecule has 21 heavy (non-hydrogen) atoms. The zero-order chi connectivity index (χ0) is 14.2. The van der Waals surface area contributed by atoms with Gasteiger partial charge in [-0.3, -0.25) is 4.40 Å². The monoisotopic (exact) mass is 349 g/mol. The highest BCUT2D eigenvalue weighted by Gasteiger charge is 2.28. The SMILES string of the molecule is Brc1nnc2cc(OCC3CCCCC3)c(C3CC3)cn12. The van der Waals surface area contributed by atoms with Gasteiger partial charge in [-0.2, -0.15) is 0 Å². The van der Waals surface area contributed by atoms with Gasteiger partial charge in [-0.15, -0.1) is 10.2 Å². The molecule has 4 rings (SSSR count). The van der Waals surface area contributed by atoms with E-state index in [1.165, 1.54) is 50.5 Å². The summed E-state index contributed by atoms with van der Waals surface area (Å²) in [6.07, 6.45) is 11.4. The van der Waals surface area contributed by atoms with Gasteiger partial charge in [-0.25, -0.2) is 0 Å². The molecule has 0 bridgehead atoms. The largest absolute Gasteiger partial charge is 0.493 e. The molecule has 4 nitrogen and oxygen atoms in total. The molecule has 0 aromatic carbocycles. The van der Waals surface area contributed by atoms with Crippen LogP contribution in [0.1, 0.15) is 56.4 Å². The Morgan fingerprint density at radius 2 is 1.95 bits per heavy atom. The molecule has 0 saturated heterocycles. The first kappa shape index (κ1) is 13.6. The molecule has 0 spiro atoms. The van der Waals surface area contributed by atoms with Crippen molar-refractivity contribution in [2.24, 2.45) is 5.92 Å². The van der Waals surface area contributed by atoms with Gasteiger partial charge < -0.3 is 4.74 Å². The number of halogens is 1. The van der Waals surface area contributed by atoms with Crippen LogP contribution in [-0.4, -0.2) is 21.2 Å². The molecule has 0 unspecified atom stereocenters. The number of hydrogen-bond donors (Lipinski definition) is 0. The van der Waals surface area contributed by atoms with Crippen molar-refractivity contribution in [3.8, 4) is 5.75 Å². The maximum atomic E-state index is 6.20. The Balaban J connectivity index is 1.58. The lowest BCUT2D eigenvalue weighted by atomic mass is 9.90. The summed E-state index contributed by atoms with van der Waals surface area (Å²) < 4.78 is 8.96. The lowest BCUT2D eigenvalue weighted by Gasteiger charge is -2.22. The smallest absolute Gasteiger partial charge is 0.204 e. The van der Waals surface area contributed by atoms with E-state index in [2.05, 4.69) is 32.3 Å². The molecule has 2 aliphatic rings. The van der Waals surface area contributed by atoms with Gasteiger partial charge in [0.2, 0.25) is 4.73 Å². The minimum atomic E-state index is 0.657. The van der Waals surface area contributed by atoms with Crippen LogP contribution in [-0.2, 0) is 0 Å². The predicted octanol–water partition coefficient (Wildman–Crippen LogP) is 4.33. The lowest BCUT2D eigenvalue weighted by molar-refractivity contribution is 0.207. The van der Waals surface area contributed by atoms with Gasteiger partial charge in [0.05, 0.1) is 6.61 Å². The topological polar surface area (TPSA) is 39.4 Å². The Morgan fingerprint density at radius 3 is 2.71 bits per heavy atom. The Bertz CT molecular complexity index is 644. The molecular weight excluding hydrogens is 330 g/mol. The van der Waals surface area contributed by atoms with Crippen LogP contribution in [0.15, 0.2) is 17.0 Å². The van der Waals surface area contributed by atoms with Crippen LogP contribution >= 0.6 is 15.9 Å². The fourth-order valence-electron chi connectivity index (χ4n) is 3.29. The van der Waals surface area contributed by atoms with Crippen molar-refractivity contribution < 1.29 is 4.74 Å². The zero-order valence-electron chi connectivity index (χ0n) is 12.1. The number of nitrogens with zero attached hydrogens (tertiary/aromatic N) is 3. The second kappa shape index (κ2) is 5.59. The molecule has 5 heteroatoms. The maximum absolute atomic E-state index is 6.20. The first-order valence-corrected chi connectivity index (χ1v) is 8.77. The fraction of sp³-hybridized carbons (Fsp3) is 0.625. The average Bonchev–Trinajstić information content (AvgIpc) is 3.30. The first-order chi connectivity index (χ1) is 10.3. The van der Waals surface area contributed by atoms with E-state index in [-0.39, 0.29) is 0 Å². The van der Waals surface area contributed by atoms with Gasteiger partial charge in [0.1, 0.15) is 5.75 Å². The number of aromatic nitrogens is 3. The van der Waals surface area contributed by atoms with E-state index in [0.717, 1.165) is 28.7 Å². The zero-order valence-corrected chi connectivity index (χ0v) is 13.7. The summed E-state index contributed by atoms with van der Waals surface area (Å²) in [5.74, 6) is 2.41. The number of fused-ring (bicyclic) bond motifs is 1. The van der Waals surface area contributed by atoms with Crippen molar-refractivity contribution in [2.75, 3.05) is 6.61 Å². The molecule has 0 N–H and O–H groups in total. The molecular formula is C16H20BrN3O. The highest BCUT2D eigenvalue weighted by molar-refractivity contribution is 9.10. The molecule has 112 valence electrons. The molecule has 0 aliphatic heterocycles. The maximum Gasteiger partial charge on any atom is 0.204 e. The lowest BCUT2D eigenvalue weighted by Crippen LogP contribution is -2.16. The van der Waals surface area contributed by atoms with E-state index < -0.39 is 0 Å². The van der Waals surface area contributed by atoms with Crippen molar-refractivity contribution in [3.63, 3.8) is 0 Å². The van der Waals surface area contributed by atoms with Gasteiger partial charge >= 0.3 is 0 Å². The highest BCUT2D eigenvalue weighted by atomic mass is 79.9. The van der Waals surface area contributed by atoms with E-state index in [4.69, 9.17) is 4.74 Å². The standard InChI is InChI=1S/C16H20BrN3O/c17-16-19-18-15-8-14(13(9-20(15)16)12-6-7-12)21-10-11-4-2-1-3-5-11/h8-9,11-12H,1-7,10H2. The normalized spacial score (nSPS) is 20.0. The molecule has 2 aromatic heterocycles. The molecule has 2 aliphatic carbocycles. The summed E-state index contributed by atoms with van der Waals surface area (Å²) in [5.41, 5.74) is 2.17. The highest BCUT2D eigenvalue weighted by Crippen LogP contribution is 2.45. The molecule has 2 aromatic rings. The summed E-state index contributed by atoms with van der Waals surface area (Å²) in [5, 5.41) is 8.26. The number of pyridine rings is 1. The Hall–Kier alpha value is -1.10. The molecule has 0 radical (unpaired) electrons. The number of ether oxygens (including phenoxy) is 1. The second-order valence-corrected chi connectivity index (χ2v) is 7.09. The summed E-state index contributed by atoms with van der Waals surface area (Å²) in [7, 11) is 0. The molecule has 2 fully saturated rings. The molecule has 2 saturated carbocycles. The van der Waals surface area contributed by atoms with Crippen molar-refractivity contribution in [1.82, 2.24) is 14.6 Å². The van der Waals surface area contributed by atoms with Gasteiger partial charge in [0.15, 0.2) is 5.65 Å². The molecule has 0 atom stereocenters. The van der Waals surface area contributed by atoms with Gasteiger partial charge in [-0.05, 0) is 53.4 Å². The molecule has 0 amide bonds. The van der Waals surface area contributed by atoms with Crippen LogP contribution in [0.3, 0.4) is 0 Å². The Labute approximate surface area is 133 Å². The Morgan fingerprint density at radius 1 is 1.14 bits per heavy atom. The van der Waals surface area contributed by atoms with Crippen LogP contribution in [0, 0.1) is 5.92 Å². The third kappa shape index (κ3) is 2.80. The summed E-state index contributed by atoms with van der Waals surface area (Å²) >= 11 is 3.45. The minimum absolute atomic E-state index is 0.657. The van der Waals surface area contributed by atoms with E-state index >= 15 is 0 Å². The van der Waals surface area contributed by atoms with Crippen LogP contribution in [0.5, 0.6) is 5.75 Å². The number of rotatable bonds is 4.